The molecule has 2 nitrogen and oxygen atoms in total. The van der Waals surface area contributed by atoms with E-state index in [2.05, 4.69) is 20.8 Å². The molecule has 1 atom stereocenters. The molecule has 0 aliphatic carbocycles. The molecule has 3 heteroatoms. The van der Waals surface area contributed by atoms with Crippen LogP contribution < -0.4 is 0 Å². The van der Waals surface area contributed by atoms with Crippen LogP contribution in [-0.2, 0) is 0 Å². The van der Waals surface area contributed by atoms with Crippen LogP contribution in [0.1, 0.15) is 27.2 Å². The molecule has 2 N–H and O–H groups in total. The van der Waals surface area contributed by atoms with Crippen LogP contribution in [0.4, 0.5) is 0 Å². The number of rotatable bonds is 7. The van der Waals surface area contributed by atoms with E-state index in [0.717, 1.165) is 12.6 Å². The summed E-state index contributed by atoms with van der Waals surface area (Å²) in [6.07, 6.45) is 5.38. The Morgan fingerprint density at radius 1 is 1.08 bits per heavy atom. The van der Waals surface area contributed by atoms with Gasteiger partial charge in [-0.25, -0.2) is 0 Å². The van der Waals surface area contributed by atoms with Gasteiger partial charge in [0.25, 0.3) is 0 Å². The van der Waals surface area contributed by atoms with Crippen LogP contribution in [0.25, 0.3) is 0 Å². The van der Waals surface area contributed by atoms with Crippen molar-refractivity contribution in [3.05, 3.63) is 0 Å². The molecule has 0 aromatic carbocycles. The van der Waals surface area contributed by atoms with Gasteiger partial charge in [-0.3, -0.25) is 0 Å². The van der Waals surface area contributed by atoms with Crippen LogP contribution >= 0.6 is 7.26 Å². The molecule has 0 rings (SSSR count). The normalized spacial score (nSPS) is 15.8. The molecule has 0 aliphatic heterocycles. The Morgan fingerprint density at radius 2 is 1.54 bits per heavy atom. The van der Waals surface area contributed by atoms with Crippen molar-refractivity contribution in [2.24, 2.45) is 0 Å². The summed E-state index contributed by atoms with van der Waals surface area (Å²) in [6, 6.07) is 0. The molecule has 13 heavy (non-hydrogen) atoms. The van der Waals surface area contributed by atoms with Crippen molar-refractivity contribution >= 4 is 7.26 Å². The topological polar surface area (TPSA) is 40.5 Å². The fourth-order valence-corrected chi connectivity index (χ4v) is 5.35. The zero-order chi connectivity index (χ0) is 10.3. The third-order valence-corrected chi connectivity index (χ3v) is 9.32. The SMILES string of the molecule is CC[PH](CC)(CC)CCC(O)CO. The molecule has 0 amide bonds. The molecule has 0 aromatic rings. The second-order valence-corrected chi connectivity index (χ2v) is 9.56. The second-order valence-electron chi connectivity index (χ2n) is 3.94. The van der Waals surface area contributed by atoms with Crippen LogP contribution in [0, 0.1) is 0 Å². The van der Waals surface area contributed by atoms with Crippen LogP contribution in [0.3, 0.4) is 0 Å². The number of aliphatic hydroxyl groups is 2. The van der Waals surface area contributed by atoms with Gasteiger partial charge in [-0.05, 0) is 0 Å². The molecule has 0 radical (unpaired) electrons. The van der Waals surface area contributed by atoms with Gasteiger partial charge < -0.3 is 0 Å². The van der Waals surface area contributed by atoms with E-state index >= 15 is 0 Å². The summed E-state index contributed by atoms with van der Waals surface area (Å²) in [4.78, 5) is 0. The van der Waals surface area contributed by atoms with Gasteiger partial charge in [-0.2, -0.15) is 0 Å². The van der Waals surface area contributed by atoms with E-state index in [1.807, 2.05) is 0 Å². The van der Waals surface area contributed by atoms with Crippen molar-refractivity contribution in [2.75, 3.05) is 31.3 Å². The first kappa shape index (κ1) is 13.4. The van der Waals surface area contributed by atoms with Crippen LogP contribution in [0.2, 0.25) is 0 Å². The summed E-state index contributed by atoms with van der Waals surface area (Å²) < 4.78 is 0. The maximum atomic E-state index is 9.28. The first-order chi connectivity index (χ1) is 6.14. The fraction of sp³-hybridized carbons (Fsp3) is 1.00. The predicted octanol–water partition coefficient (Wildman–Crippen LogP) is 1.54. The Kier molecular flexibility index (Phi) is 6.93. The molecule has 0 saturated carbocycles. The molecule has 0 spiro atoms. The molecule has 0 aliphatic rings. The summed E-state index contributed by atoms with van der Waals surface area (Å²) >= 11 is 0. The van der Waals surface area contributed by atoms with Crippen LogP contribution in [0.15, 0.2) is 0 Å². The molecule has 82 valence electrons. The quantitative estimate of drug-likeness (QED) is 0.623. The Hall–Kier alpha value is 0.350. The fourth-order valence-electron chi connectivity index (χ4n) is 1.84. The Bertz CT molecular complexity index is 116. The average molecular weight is 208 g/mol. The van der Waals surface area contributed by atoms with Crippen molar-refractivity contribution in [3.63, 3.8) is 0 Å². The van der Waals surface area contributed by atoms with Gasteiger partial charge in [0.2, 0.25) is 0 Å². The summed E-state index contributed by atoms with van der Waals surface area (Å²) in [5, 5.41) is 18.0. The van der Waals surface area contributed by atoms with Gasteiger partial charge >= 0.3 is 82.0 Å². The number of aliphatic hydroxyl groups excluding tert-OH is 2. The van der Waals surface area contributed by atoms with E-state index in [1.165, 1.54) is 18.5 Å². The van der Waals surface area contributed by atoms with E-state index in [4.69, 9.17) is 5.11 Å². The first-order valence-electron chi connectivity index (χ1n) is 5.43. The summed E-state index contributed by atoms with van der Waals surface area (Å²) in [5.41, 5.74) is 0. The van der Waals surface area contributed by atoms with Crippen molar-refractivity contribution in [2.45, 2.75) is 33.3 Å². The zero-order valence-electron chi connectivity index (χ0n) is 9.21. The molecule has 0 aromatic heterocycles. The molecule has 0 bridgehead atoms. The van der Waals surface area contributed by atoms with Gasteiger partial charge in [0.1, 0.15) is 0 Å². The monoisotopic (exact) mass is 208 g/mol. The maximum absolute atomic E-state index is 9.28. The van der Waals surface area contributed by atoms with Gasteiger partial charge in [0.05, 0.1) is 0 Å². The van der Waals surface area contributed by atoms with E-state index in [0.29, 0.717) is 0 Å². The Labute approximate surface area is 82.7 Å². The van der Waals surface area contributed by atoms with Gasteiger partial charge in [-0.1, -0.05) is 0 Å². The standard InChI is InChI=1S/C10H25O2P/c1-4-13(5-2,6-3)8-7-10(12)9-11/h10-13H,4-9H2,1-3H3. The minimum atomic E-state index is -1.07. The Balaban J connectivity index is 3.95. The van der Waals surface area contributed by atoms with Gasteiger partial charge in [0, 0.05) is 0 Å². The van der Waals surface area contributed by atoms with Crippen molar-refractivity contribution in [1.82, 2.24) is 0 Å². The third-order valence-electron chi connectivity index (χ3n) is 3.47. The molecule has 1 unspecified atom stereocenters. The average Bonchev–Trinajstić information content (AvgIpc) is 2.20. The van der Waals surface area contributed by atoms with Crippen molar-refractivity contribution in [1.29, 1.82) is 0 Å². The van der Waals surface area contributed by atoms with Crippen molar-refractivity contribution < 1.29 is 10.2 Å². The van der Waals surface area contributed by atoms with Crippen molar-refractivity contribution in [3.8, 4) is 0 Å². The molecular formula is C10H25O2P. The number of hydrogen-bond donors (Lipinski definition) is 2. The molecule has 0 heterocycles. The summed E-state index contributed by atoms with van der Waals surface area (Å²) in [6.45, 7) is 6.72. The van der Waals surface area contributed by atoms with E-state index in [-0.39, 0.29) is 6.61 Å². The van der Waals surface area contributed by atoms with Crippen LogP contribution in [0.5, 0.6) is 0 Å². The van der Waals surface area contributed by atoms with Gasteiger partial charge in [-0.15, -0.1) is 0 Å². The predicted molar refractivity (Wildman–Crippen MR) is 62.5 cm³/mol. The third kappa shape index (κ3) is 4.39. The molecular weight excluding hydrogens is 183 g/mol. The first-order valence-corrected chi connectivity index (χ1v) is 8.25. The van der Waals surface area contributed by atoms with Gasteiger partial charge in [0.15, 0.2) is 0 Å². The second kappa shape index (κ2) is 6.75. The minimum absolute atomic E-state index is 0.0817. The Morgan fingerprint density at radius 3 is 1.85 bits per heavy atom. The molecule has 0 saturated heterocycles. The van der Waals surface area contributed by atoms with E-state index in [9.17, 15) is 5.11 Å². The molecule has 0 fully saturated rings. The van der Waals surface area contributed by atoms with Crippen LogP contribution in [-0.4, -0.2) is 47.6 Å². The zero-order valence-corrected chi connectivity index (χ0v) is 10.2. The van der Waals surface area contributed by atoms with E-state index < -0.39 is 13.4 Å². The number of hydrogen-bond acceptors (Lipinski definition) is 2. The summed E-state index contributed by atoms with van der Waals surface area (Å²) in [5.74, 6) is 0. The van der Waals surface area contributed by atoms with E-state index in [1.54, 1.807) is 0 Å². The summed E-state index contributed by atoms with van der Waals surface area (Å²) in [7, 11) is -1.07.